The molecule has 1 unspecified atom stereocenters. The fourth-order valence-corrected chi connectivity index (χ4v) is 2.89. The highest BCUT2D eigenvalue weighted by molar-refractivity contribution is 6.41. The van der Waals surface area contributed by atoms with E-state index in [4.69, 9.17) is 22.4 Å². The number of aliphatic hydroxyl groups is 1. The van der Waals surface area contributed by atoms with Crippen LogP contribution in [0.25, 0.3) is 0 Å². The third-order valence-electron chi connectivity index (χ3n) is 3.79. The minimum Gasteiger partial charge on any atom is -0.399 e. The number of nitrogen functional groups attached to an aromatic ring is 1. The highest BCUT2D eigenvalue weighted by Crippen LogP contribution is 2.25. The van der Waals surface area contributed by atoms with E-state index >= 15 is 0 Å². The lowest BCUT2D eigenvalue weighted by Gasteiger charge is -2.35. The molecular formula is C15H20ClN3O3. The summed E-state index contributed by atoms with van der Waals surface area (Å²) >= 11 is 5.99. The van der Waals surface area contributed by atoms with Crippen molar-refractivity contribution >= 4 is 34.8 Å². The largest absolute Gasteiger partial charge is 0.399 e. The second-order valence-electron chi connectivity index (χ2n) is 5.35. The van der Waals surface area contributed by atoms with Crippen molar-refractivity contribution in [2.45, 2.75) is 31.7 Å². The average Bonchev–Trinajstić information content (AvgIpc) is 2.50. The average molecular weight is 326 g/mol. The Morgan fingerprint density at radius 3 is 2.86 bits per heavy atom. The SMILES string of the molecule is Nc1ccc(NC(=O)C(=O)N2CCCCC2CCO)c(Cl)c1. The van der Waals surface area contributed by atoms with Gasteiger partial charge in [-0.05, 0) is 43.9 Å². The van der Waals surface area contributed by atoms with Crippen LogP contribution in [0.3, 0.4) is 0 Å². The molecule has 1 fully saturated rings. The lowest BCUT2D eigenvalue weighted by Crippen LogP contribution is -2.48. The van der Waals surface area contributed by atoms with E-state index in [1.807, 2.05) is 0 Å². The first kappa shape index (κ1) is 16.6. The van der Waals surface area contributed by atoms with Crippen molar-refractivity contribution in [1.82, 2.24) is 4.90 Å². The molecule has 6 nitrogen and oxygen atoms in total. The Morgan fingerprint density at radius 1 is 1.41 bits per heavy atom. The lowest BCUT2D eigenvalue weighted by atomic mass is 9.99. The van der Waals surface area contributed by atoms with E-state index < -0.39 is 11.8 Å². The Morgan fingerprint density at radius 2 is 2.18 bits per heavy atom. The van der Waals surface area contributed by atoms with Crippen LogP contribution in [0.15, 0.2) is 18.2 Å². The molecular weight excluding hydrogens is 306 g/mol. The smallest absolute Gasteiger partial charge is 0.313 e. The summed E-state index contributed by atoms with van der Waals surface area (Å²) in [6, 6.07) is 4.59. The third-order valence-corrected chi connectivity index (χ3v) is 4.10. The van der Waals surface area contributed by atoms with Crippen LogP contribution >= 0.6 is 11.6 Å². The minimum atomic E-state index is -0.725. The summed E-state index contributed by atoms with van der Waals surface area (Å²) in [4.78, 5) is 26.0. The van der Waals surface area contributed by atoms with Gasteiger partial charge >= 0.3 is 11.8 Å². The van der Waals surface area contributed by atoms with Crippen LogP contribution in [0.1, 0.15) is 25.7 Å². The fraction of sp³-hybridized carbons (Fsp3) is 0.467. The Kier molecular flexibility index (Phi) is 5.63. The molecule has 1 heterocycles. The van der Waals surface area contributed by atoms with Crippen molar-refractivity contribution in [3.05, 3.63) is 23.2 Å². The zero-order valence-electron chi connectivity index (χ0n) is 12.2. The first-order valence-corrected chi connectivity index (χ1v) is 7.68. The standard InChI is InChI=1S/C15H20ClN3O3/c16-12-9-10(17)4-5-13(12)18-14(21)15(22)19-7-2-1-3-11(19)6-8-20/h4-5,9,11,20H,1-3,6-8,17H2,(H,18,21). The number of rotatable bonds is 3. The molecule has 1 aliphatic heterocycles. The van der Waals surface area contributed by atoms with Gasteiger partial charge in [0.2, 0.25) is 0 Å². The summed E-state index contributed by atoms with van der Waals surface area (Å²) in [6.45, 7) is 0.534. The number of carbonyl (C=O) groups is 2. The van der Waals surface area contributed by atoms with Gasteiger partial charge in [-0.3, -0.25) is 9.59 Å². The number of halogens is 1. The predicted octanol–water partition coefficient (Wildman–Crippen LogP) is 1.62. The van der Waals surface area contributed by atoms with Crippen molar-refractivity contribution in [2.75, 3.05) is 24.2 Å². The second-order valence-corrected chi connectivity index (χ2v) is 5.76. The van der Waals surface area contributed by atoms with Gasteiger partial charge in [-0.2, -0.15) is 0 Å². The molecule has 7 heteroatoms. The highest BCUT2D eigenvalue weighted by Gasteiger charge is 2.30. The van der Waals surface area contributed by atoms with Crippen LogP contribution in [-0.2, 0) is 9.59 Å². The van der Waals surface area contributed by atoms with Crippen LogP contribution < -0.4 is 11.1 Å². The Bertz CT molecular complexity index is 563. The molecule has 1 aromatic carbocycles. The molecule has 120 valence electrons. The number of likely N-dealkylation sites (tertiary alicyclic amines) is 1. The number of piperidine rings is 1. The van der Waals surface area contributed by atoms with Gasteiger partial charge in [0.1, 0.15) is 0 Å². The quantitative estimate of drug-likeness (QED) is 0.581. The van der Waals surface area contributed by atoms with Crippen molar-refractivity contribution in [1.29, 1.82) is 0 Å². The maximum Gasteiger partial charge on any atom is 0.313 e. The van der Waals surface area contributed by atoms with Gasteiger partial charge in [-0.1, -0.05) is 11.6 Å². The second kappa shape index (κ2) is 7.47. The molecule has 2 amide bonds. The van der Waals surface area contributed by atoms with Crippen molar-refractivity contribution in [3.63, 3.8) is 0 Å². The van der Waals surface area contributed by atoms with E-state index in [-0.39, 0.29) is 17.7 Å². The van der Waals surface area contributed by atoms with E-state index in [1.54, 1.807) is 17.0 Å². The molecule has 0 aliphatic carbocycles. The summed E-state index contributed by atoms with van der Waals surface area (Å²) in [5.74, 6) is -1.32. The Balaban J connectivity index is 2.06. The van der Waals surface area contributed by atoms with Gasteiger partial charge < -0.3 is 21.1 Å². The molecule has 0 aromatic heterocycles. The Hall–Kier alpha value is -1.79. The lowest BCUT2D eigenvalue weighted by molar-refractivity contribution is -0.146. The number of benzene rings is 1. The van der Waals surface area contributed by atoms with Crippen molar-refractivity contribution in [2.24, 2.45) is 0 Å². The van der Waals surface area contributed by atoms with Gasteiger partial charge in [-0.25, -0.2) is 0 Å². The monoisotopic (exact) mass is 325 g/mol. The van der Waals surface area contributed by atoms with Gasteiger partial charge in [0.05, 0.1) is 10.7 Å². The zero-order valence-corrected chi connectivity index (χ0v) is 13.0. The van der Waals surface area contributed by atoms with E-state index in [2.05, 4.69) is 5.32 Å². The van der Waals surface area contributed by atoms with Gasteiger partial charge in [0, 0.05) is 24.9 Å². The minimum absolute atomic E-state index is 0.000143. The number of hydrogen-bond donors (Lipinski definition) is 3. The van der Waals surface area contributed by atoms with E-state index in [9.17, 15) is 9.59 Å². The first-order valence-electron chi connectivity index (χ1n) is 7.30. The summed E-state index contributed by atoms with van der Waals surface area (Å²) < 4.78 is 0. The van der Waals surface area contributed by atoms with Gasteiger partial charge in [0.15, 0.2) is 0 Å². The van der Waals surface area contributed by atoms with Crippen molar-refractivity contribution < 1.29 is 14.7 Å². The van der Waals surface area contributed by atoms with Crippen LogP contribution in [-0.4, -0.2) is 41.0 Å². The molecule has 2 rings (SSSR count). The molecule has 0 radical (unpaired) electrons. The normalized spacial score (nSPS) is 18.1. The first-order chi connectivity index (χ1) is 10.5. The number of amides is 2. The number of nitrogens with one attached hydrogen (secondary N) is 1. The highest BCUT2D eigenvalue weighted by atomic mass is 35.5. The molecule has 1 atom stereocenters. The molecule has 1 saturated heterocycles. The predicted molar refractivity (Wildman–Crippen MR) is 85.5 cm³/mol. The van der Waals surface area contributed by atoms with Crippen molar-refractivity contribution in [3.8, 4) is 0 Å². The van der Waals surface area contributed by atoms with E-state index in [0.29, 0.717) is 24.3 Å². The molecule has 1 aliphatic rings. The summed E-state index contributed by atoms with van der Waals surface area (Å²) in [7, 11) is 0. The van der Waals surface area contributed by atoms with E-state index in [1.165, 1.54) is 6.07 Å². The maximum atomic E-state index is 12.3. The number of nitrogens with zero attached hydrogens (tertiary/aromatic N) is 1. The number of hydrogen-bond acceptors (Lipinski definition) is 4. The number of anilines is 2. The number of carbonyl (C=O) groups excluding carboxylic acids is 2. The summed E-state index contributed by atoms with van der Waals surface area (Å²) in [5, 5.41) is 11.9. The molecule has 1 aromatic rings. The van der Waals surface area contributed by atoms with Crippen LogP contribution in [0, 0.1) is 0 Å². The van der Waals surface area contributed by atoms with Crippen LogP contribution in [0.4, 0.5) is 11.4 Å². The van der Waals surface area contributed by atoms with Gasteiger partial charge in [-0.15, -0.1) is 0 Å². The molecule has 0 bridgehead atoms. The molecule has 0 spiro atoms. The summed E-state index contributed by atoms with van der Waals surface area (Å²) in [6.07, 6.45) is 3.16. The van der Waals surface area contributed by atoms with Crippen LogP contribution in [0.2, 0.25) is 5.02 Å². The molecule has 0 saturated carbocycles. The zero-order chi connectivity index (χ0) is 16.1. The maximum absolute atomic E-state index is 12.3. The topological polar surface area (TPSA) is 95.7 Å². The molecule has 22 heavy (non-hydrogen) atoms. The third kappa shape index (κ3) is 3.90. The van der Waals surface area contributed by atoms with Gasteiger partial charge in [0.25, 0.3) is 0 Å². The fourth-order valence-electron chi connectivity index (χ4n) is 2.66. The number of nitrogens with two attached hydrogens (primary N) is 1. The molecule has 4 N–H and O–H groups in total. The van der Waals surface area contributed by atoms with E-state index in [0.717, 1.165) is 19.3 Å². The number of aliphatic hydroxyl groups excluding tert-OH is 1. The summed E-state index contributed by atoms with van der Waals surface area (Å²) in [5.41, 5.74) is 6.42. The Labute approximate surface area is 134 Å². The van der Waals surface area contributed by atoms with Crippen LogP contribution in [0.5, 0.6) is 0 Å².